The molecule has 0 unspecified atom stereocenters. The van der Waals surface area contributed by atoms with E-state index >= 15 is 0 Å². The normalized spacial score (nSPS) is 15.6. The Hall–Kier alpha value is -2.78. The van der Waals surface area contributed by atoms with E-state index < -0.39 is 10.0 Å². The summed E-state index contributed by atoms with van der Waals surface area (Å²) in [7, 11) is -3.54. The van der Waals surface area contributed by atoms with E-state index in [0.29, 0.717) is 19.4 Å². The molecule has 1 saturated heterocycles. The SMILES string of the molecule is O=C(CNC(=O)C1CCN(S(=O)(=O)c2ccccc2)CC1)NCc1ccncc1. The van der Waals surface area contributed by atoms with Crippen molar-refractivity contribution in [3.05, 3.63) is 60.4 Å². The lowest BCUT2D eigenvalue weighted by molar-refractivity contribution is -0.129. The Labute approximate surface area is 170 Å². The lowest BCUT2D eigenvalue weighted by atomic mass is 9.97. The van der Waals surface area contributed by atoms with Gasteiger partial charge < -0.3 is 10.6 Å². The molecule has 1 aromatic carbocycles. The number of benzene rings is 1. The van der Waals surface area contributed by atoms with Crippen LogP contribution in [0.15, 0.2) is 59.8 Å². The molecule has 8 nitrogen and oxygen atoms in total. The van der Waals surface area contributed by atoms with Gasteiger partial charge >= 0.3 is 0 Å². The predicted octanol–water partition coefficient (Wildman–Crippen LogP) is 0.915. The molecule has 2 amide bonds. The largest absolute Gasteiger partial charge is 0.350 e. The fraction of sp³-hybridized carbons (Fsp3) is 0.350. The van der Waals surface area contributed by atoms with Crippen LogP contribution in [0.1, 0.15) is 18.4 Å². The molecule has 0 bridgehead atoms. The van der Waals surface area contributed by atoms with Gasteiger partial charge in [0.05, 0.1) is 11.4 Å². The maximum Gasteiger partial charge on any atom is 0.243 e. The molecule has 29 heavy (non-hydrogen) atoms. The fourth-order valence-electron chi connectivity index (χ4n) is 3.18. The van der Waals surface area contributed by atoms with E-state index in [1.165, 1.54) is 4.31 Å². The molecule has 3 rings (SSSR count). The first-order valence-corrected chi connectivity index (χ1v) is 10.9. The number of amides is 2. The van der Waals surface area contributed by atoms with Crippen molar-refractivity contribution in [1.82, 2.24) is 19.9 Å². The van der Waals surface area contributed by atoms with Crippen molar-refractivity contribution in [2.45, 2.75) is 24.3 Å². The average molecular weight is 417 g/mol. The Bertz CT molecular complexity index is 927. The van der Waals surface area contributed by atoms with Gasteiger partial charge in [-0.25, -0.2) is 8.42 Å². The standard InChI is InChI=1S/C20H24N4O4S/c25-19(22-14-16-6-10-21-11-7-16)15-23-20(26)17-8-12-24(13-9-17)29(27,28)18-4-2-1-3-5-18/h1-7,10-11,17H,8-9,12-15H2,(H,22,25)(H,23,26). The molecular formula is C20H24N4O4S. The van der Waals surface area contributed by atoms with Gasteiger partial charge in [0.1, 0.15) is 0 Å². The average Bonchev–Trinajstić information content (AvgIpc) is 2.77. The van der Waals surface area contributed by atoms with Crippen LogP contribution in [-0.4, -0.2) is 49.2 Å². The molecule has 154 valence electrons. The highest BCUT2D eigenvalue weighted by atomic mass is 32.2. The van der Waals surface area contributed by atoms with Crippen molar-refractivity contribution in [2.75, 3.05) is 19.6 Å². The summed E-state index contributed by atoms with van der Waals surface area (Å²) >= 11 is 0. The van der Waals surface area contributed by atoms with Crippen LogP contribution in [-0.2, 0) is 26.2 Å². The van der Waals surface area contributed by atoms with E-state index in [2.05, 4.69) is 15.6 Å². The maximum absolute atomic E-state index is 12.6. The first-order valence-electron chi connectivity index (χ1n) is 9.45. The Morgan fingerprint density at radius 1 is 1.00 bits per heavy atom. The van der Waals surface area contributed by atoms with Gasteiger partial charge in [-0.2, -0.15) is 4.31 Å². The van der Waals surface area contributed by atoms with Crippen LogP contribution in [0.5, 0.6) is 0 Å². The number of hydrogen-bond acceptors (Lipinski definition) is 5. The summed E-state index contributed by atoms with van der Waals surface area (Å²) in [5.74, 6) is -0.801. The number of pyridine rings is 1. The quantitative estimate of drug-likeness (QED) is 0.698. The van der Waals surface area contributed by atoms with Crippen molar-refractivity contribution in [2.24, 2.45) is 5.92 Å². The maximum atomic E-state index is 12.6. The van der Waals surface area contributed by atoms with Crippen LogP contribution in [0.3, 0.4) is 0 Å². The van der Waals surface area contributed by atoms with Crippen LogP contribution < -0.4 is 10.6 Å². The third-order valence-electron chi connectivity index (χ3n) is 4.87. The molecule has 2 heterocycles. The minimum Gasteiger partial charge on any atom is -0.350 e. The molecule has 0 spiro atoms. The number of aromatic nitrogens is 1. The summed E-state index contributed by atoms with van der Waals surface area (Å²) < 4.78 is 26.7. The van der Waals surface area contributed by atoms with E-state index in [9.17, 15) is 18.0 Å². The van der Waals surface area contributed by atoms with E-state index in [1.54, 1.807) is 54.9 Å². The van der Waals surface area contributed by atoms with Crippen LogP contribution in [0.25, 0.3) is 0 Å². The van der Waals surface area contributed by atoms with Gasteiger partial charge in [0.2, 0.25) is 21.8 Å². The zero-order chi connectivity index (χ0) is 20.7. The highest BCUT2D eigenvalue weighted by Crippen LogP contribution is 2.23. The summed E-state index contributed by atoms with van der Waals surface area (Å²) in [6, 6.07) is 11.9. The minimum atomic E-state index is -3.54. The number of carbonyl (C=O) groups excluding carboxylic acids is 2. The number of rotatable bonds is 7. The first-order chi connectivity index (χ1) is 14.0. The topological polar surface area (TPSA) is 108 Å². The van der Waals surface area contributed by atoms with Crippen LogP contribution >= 0.6 is 0 Å². The molecule has 0 atom stereocenters. The summed E-state index contributed by atoms with van der Waals surface area (Å²) in [5, 5.41) is 5.38. The third kappa shape index (κ3) is 5.61. The molecule has 9 heteroatoms. The van der Waals surface area contributed by atoms with Gasteiger partial charge in [0, 0.05) is 37.9 Å². The number of carbonyl (C=O) groups is 2. The van der Waals surface area contributed by atoms with Crippen LogP contribution in [0.2, 0.25) is 0 Å². The van der Waals surface area contributed by atoms with Gasteiger partial charge in [-0.05, 0) is 42.7 Å². The molecule has 1 aliphatic rings. The number of piperidine rings is 1. The predicted molar refractivity (Wildman–Crippen MR) is 107 cm³/mol. The molecular weight excluding hydrogens is 392 g/mol. The lowest BCUT2D eigenvalue weighted by Gasteiger charge is -2.30. The minimum absolute atomic E-state index is 0.105. The Morgan fingerprint density at radius 2 is 1.66 bits per heavy atom. The van der Waals surface area contributed by atoms with Crippen LogP contribution in [0.4, 0.5) is 0 Å². The molecule has 1 fully saturated rings. The summed E-state index contributed by atoms with van der Waals surface area (Å²) in [5.41, 5.74) is 0.923. The molecule has 2 aromatic rings. The van der Waals surface area contributed by atoms with Gasteiger partial charge in [0.15, 0.2) is 0 Å². The fourth-order valence-corrected chi connectivity index (χ4v) is 4.67. The van der Waals surface area contributed by atoms with E-state index in [1.807, 2.05) is 0 Å². The second-order valence-corrected chi connectivity index (χ2v) is 8.78. The van der Waals surface area contributed by atoms with Crippen molar-refractivity contribution >= 4 is 21.8 Å². The smallest absolute Gasteiger partial charge is 0.243 e. The molecule has 1 aliphatic heterocycles. The van der Waals surface area contributed by atoms with Gasteiger partial charge in [-0.15, -0.1) is 0 Å². The summed E-state index contributed by atoms with van der Waals surface area (Å²) in [4.78, 5) is 28.4. The third-order valence-corrected chi connectivity index (χ3v) is 6.78. The van der Waals surface area contributed by atoms with E-state index in [0.717, 1.165) is 5.56 Å². The molecule has 0 saturated carbocycles. The number of sulfonamides is 1. The monoisotopic (exact) mass is 416 g/mol. The van der Waals surface area contributed by atoms with Crippen molar-refractivity contribution in [3.8, 4) is 0 Å². The molecule has 0 radical (unpaired) electrons. The molecule has 2 N–H and O–H groups in total. The zero-order valence-corrected chi connectivity index (χ0v) is 16.8. The van der Waals surface area contributed by atoms with Gasteiger partial charge in [-0.1, -0.05) is 18.2 Å². The van der Waals surface area contributed by atoms with E-state index in [-0.39, 0.29) is 42.3 Å². The zero-order valence-electron chi connectivity index (χ0n) is 16.0. The molecule has 0 aliphatic carbocycles. The second kappa shape index (κ2) is 9.62. The molecule has 1 aromatic heterocycles. The Morgan fingerprint density at radius 3 is 2.31 bits per heavy atom. The number of hydrogen-bond donors (Lipinski definition) is 2. The Balaban J connectivity index is 1.42. The van der Waals surface area contributed by atoms with Crippen molar-refractivity contribution < 1.29 is 18.0 Å². The van der Waals surface area contributed by atoms with Crippen LogP contribution in [0, 0.1) is 5.92 Å². The van der Waals surface area contributed by atoms with Gasteiger partial charge in [0.25, 0.3) is 0 Å². The highest BCUT2D eigenvalue weighted by molar-refractivity contribution is 7.89. The van der Waals surface area contributed by atoms with E-state index in [4.69, 9.17) is 0 Å². The van der Waals surface area contributed by atoms with Crippen molar-refractivity contribution in [1.29, 1.82) is 0 Å². The van der Waals surface area contributed by atoms with Gasteiger partial charge in [-0.3, -0.25) is 14.6 Å². The van der Waals surface area contributed by atoms with Crippen molar-refractivity contribution in [3.63, 3.8) is 0 Å². The second-order valence-electron chi connectivity index (χ2n) is 6.84. The first kappa shape index (κ1) is 20.9. The number of nitrogens with one attached hydrogen (secondary N) is 2. The number of nitrogens with zero attached hydrogens (tertiary/aromatic N) is 2. The summed E-state index contributed by atoms with van der Waals surface area (Å²) in [6.07, 6.45) is 4.15. The highest BCUT2D eigenvalue weighted by Gasteiger charge is 2.32. The summed E-state index contributed by atoms with van der Waals surface area (Å²) in [6.45, 7) is 0.826. The lowest BCUT2D eigenvalue weighted by Crippen LogP contribution is -2.45. The Kier molecular flexibility index (Phi) is 6.95.